The molecule has 0 N–H and O–H groups in total. The Bertz CT molecular complexity index is 536. The molecule has 0 aromatic carbocycles. The summed E-state index contributed by atoms with van der Waals surface area (Å²) in [4.78, 5) is 26.1. The van der Waals surface area contributed by atoms with Crippen LogP contribution in [0.3, 0.4) is 0 Å². The Morgan fingerprint density at radius 3 is 2.17 bits per heavy atom. The lowest BCUT2D eigenvalue weighted by Gasteiger charge is -2.38. The molecule has 0 spiro atoms. The Kier molecular flexibility index (Phi) is 6.59. The van der Waals surface area contributed by atoms with E-state index in [9.17, 15) is 18.0 Å². The second kappa shape index (κ2) is 7.61. The molecule has 8 heteroatoms. The minimum absolute atomic E-state index is 0.0708. The predicted molar refractivity (Wildman–Crippen MR) is 87.2 cm³/mol. The van der Waals surface area contributed by atoms with E-state index in [0.717, 1.165) is 0 Å². The molecule has 0 bridgehead atoms. The Morgan fingerprint density at radius 2 is 1.74 bits per heavy atom. The highest BCUT2D eigenvalue weighted by molar-refractivity contribution is 7.89. The van der Waals surface area contributed by atoms with Crippen molar-refractivity contribution in [2.24, 2.45) is 5.92 Å². The van der Waals surface area contributed by atoms with Crippen molar-refractivity contribution >= 4 is 21.9 Å². The van der Waals surface area contributed by atoms with Gasteiger partial charge in [0, 0.05) is 26.1 Å². The molecule has 1 amide bonds. The molecule has 1 rings (SSSR count). The van der Waals surface area contributed by atoms with E-state index in [4.69, 9.17) is 4.74 Å². The smallest absolute Gasteiger partial charge is 0.331 e. The summed E-state index contributed by atoms with van der Waals surface area (Å²) in [6, 6.07) is 0. The summed E-state index contributed by atoms with van der Waals surface area (Å²) < 4.78 is 30.2. The number of piperidine rings is 1. The number of hydrogen-bond donors (Lipinski definition) is 0. The zero-order valence-corrected chi connectivity index (χ0v) is 15.5. The SMILES string of the molecule is CCOC(=O)C(C)(C)N(C)C(=O)C1CCN(S(=O)(=O)CC)CC1. The van der Waals surface area contributed by atoms with Crippen molar-refractivity contribution in [1.82, 2.24) is 9.21 Å². The van der Waals surface area contributed by atoms with Crippen molar-refractivity contribution in [2.75, 3.05) is 32.5 Å². The van der Waals surface area contributed by atoms with E-state index in [1.165, 1.54) is 9.21 Å². The molecule has 7 nitrogen and oxygen atoms in total. The molecule has 1 saturated heterocycles. The highest BCUT2D eigenvalue weighted by Crippen LogP contribution is 2.25. The summed E-state index contributed by atoms with van der Waals surface area (Å²) in [6.45, 7) is 7.60. The Hall–Kier alpha value is -1.15. The zero-order valence-electron chi connectivity index (χ0n) is 14.7. The molecule has 0 aliphatic carbocycles. The average molecular weight is 348 g/mol. The standard InChI is InChI=1S/C15H28N2O5S/c1-6-22-14(19)15(3,4)16(5)13(18)12-8-10-17(11-9-12)23(20,21)7-2/h12H,6-11H2,1-5H3. The van der Waals surface area contributed by atoms with Crippen molar-refractivity contribution < 1.29 is 22.7 Å². The fraction of sp³-hybridized carbons (Fsp3) is 0.867. The van der Waals surface area contributed by atoms with Crippen LogP contribution in [0.2, 0.25) is 0 Å². The van der Waals surface area contributed by atoms with Gasteiger partial charge >= 0.3 is 5.97 Å². The quantitative estimate of drug-likeness (QED) is 0.665. The van der Waals surface area contributed by atoms with Crippen LogP contribution in [0, 0.1) is 5.92 Å². The highest BCUT2D eigenvalue weighted by Gasteiger charge is 2.40. The maximum Gasteiger partial charge on any atom is 0.331 e. The molecule has 1 heterocycles. The largest absolute Gasteiger partial charge is 0.464 e. The van der Waals surface area contributed by atoms with Crippen LogP contribution < -0.4 is 0 Å². The first-order chi connectivity index (χ1) is 10.6. The van der Waals surface area contributed by atoms with E-state index >= 15 is 0 Å². The van der Waals surface area contributed by atoms with Crippen LogP contribution in [0.5, 0.6) is 0 Å². The number of amides is 1. The van der Waals surface area contributed by atoms with Crippen LogP contribution in [0.4, 0.5) is 0 Å². The number of likely N-dealkylation sites (N-methyl/N-ethyl adjacent to an activating group) is 1. The maximum absolute atomic E-state index is 12.6. The number of carbonyl (C=O) groups is 2. The zero-order chi connectivity index (χ0) is 17.8. The van der Waals surface area contributed by atoms with Gasteiger partial charge < -0.3 is 9.64 Å². The third kappa shape index (κ3) is 4.44. The molecule has 1 fully saturated rings. The Morgan fingerprint density at radius 1 is 1.22 bits per heavy atom. The molecular formula is C15H28N2O5S. The van der Waals surface area contributed by atoms with E-state index < -0.39 is 21.5 Å². The lowest BCUT2D eigenvalue weighted by atomic mass is 9.93. The summed E-state index contributed by atoms with van der Waals surface area (Å²) >= 11 is 0. The molecule has 0 aromatic heterocycles. The number of sulfonamides is 1. The predicted octanol–water partition coefficient (Wildman–Crippen LogP) is 0.848. The molecule has 23 heavy (non-hydrogen) atoms. The number of carbonyl (C=O) groups excluding carboxylic acids is 2. The van der Waals surface area contributed by atoms with Crippen LogP contribution in [0.15, 0.2) is 0 Å². The molecular weight excluding hydrogens is 320 g/mol. The fourth-order valence-electron chi connectivity index (χ4n) is 2.56. The van der Waals surface area contributed by atoms with Gasteiger partial charge in [0.1, 0.15) is 5.54 Å². The number of hydrogen-bond acceptors (Lipinski definition) is 5. The van der Waals surface area contributed by atoms with Crippen molar-refractivity contribution in [3.63, 3.8) is 0 Å². The molecule has 0 aromatic rings. The van der Waals surface area contributed by atoms with Crippen LogP contribution in [0.25, 0.3) is 0 Å². The number of esters is 1. The third-order valence-corrected chi connectivity index (χ3v) is 6.39. The minimum Gasteiger partial charge on any atom is -0.464 e. The second-order valence-electron chi connectivity index (χ2n) is 6.25. The molecule has 134 valence electrons. The second-order valence-corrected chi connectivity index (χ2v) is 8.51. The molecule has 1 aliphatic rings. The first-order valence-electron chi connectivity index (χ1n) is 8.00. The van der Waals surface area contributed by atoms with Crippen molar-refractivity contribution in [2.45, 2.75) is 46.1 Å². The van der Waals surface area contributed by atoms with Gasteiger partial charge in [-0.1, -0.05) is 0 Å². The summed E-state index contributed by atoms with van der Waals surface area (Å²) in [5, 5.41) is 0. The summed E-state index contributed by atoms with van der Waals surface area (Å²) in [5.74, 6) is -0.781. The van der Waals surface area contributed by atoms with E-state index in [0.29, 0.717) is 25.9 Å². The normalized spacial score (nSPS) is 17.8. The fourth-order valence-corrected chi connectivity index (χ4v) is 3.69. The minimum atomic E-state index is -3.21. The van der Waals surface area contributed by atoms with Crippen molar-refractivity contribution in [1.29, 1.82) is 0 Å². The number of nitrogens with zero attached hydrogens (tertiary/aromatic N) is 2. The topological polar surface area (TPSA) is 84.0 Å². The summed E-state index contributed by atoms with van der Waals surface area (Å²) in [5.41, 5.74) is -1.04. The third-order valence-electron chi connectivity index (χ3n) is 4.51. The van der Waals surface area contributed by atoms with Gasteiger partial charge in [-0.05, 0) is 40.5 Å². The monoisotopic (exact) mass is 348 g/mol. The van der Waals surface area contributed by atoms with Gasteiger partial charge in [-0.3, -0.25) is 4.79 Å². The summed E-state index contributed by atoms with van der Waals surface area (Å²) in [7, 11) is -1.61. The van der Waals surface area contributed by atoms with Crippen molar-refractivity contribution in [3.8, 4) is 0 Å². The average Bonchev–Trinajstić information content (AvgIpc) is 2.53. The van der Waals surface area contributed by atoms with Gasteiger partial charge in [-0.25, -0.2) is 17.5 Å². The lowest BCUT2D eigenvalue weighted by Crippen LogP contribution is -2.54. The molecule has 1 aliphatic heterocycles. The molecule has 0 atom stereocenters. The Labute approximate surface area is 139 Å². The van der Waals surface area contributed by atoms with Gasteiger partial charge in [0.2, 0.25) is 15.9 Å². The first kappa shape index (κ1) is 19.9. The lowest BCUT2D eigenvalue weighted by molar-refractivity contribution is -0.162. The van der Waals surface area contributed by atoms with E-state index in [1.807, 2.05) is 0 Å². The van der Waals surface area contributed by atoms with Gasteiger partial charge in [0.25, 0.3) is 0 Å². The van der Waals surface area contributed by atoms with Crippen LogP contribution in [-0.2, 0) is 24.3 Å². The van der Waals surface area contributed by atoms with Gasteiger partial charge in [0.15, 0.2) is 0 Å². The van der Waals surface area contributed by atoms with E-state index in [1.54, 1.807) is 34.7 Å². The summed E-state index contributed by atoms with van der Waals surface area (Å²) in [6.07, 6.45) is 0.947. The first-order valence-corrected chi connectivity index (χ1v) is 9.61. The molecule has 0 unspecified atom stereocenters. The van der Waals surface area contributed by atoms with Crippen LogP contribution in [-0.4, -0.2) is 67.5 Å². The highest BCUT2D eigenvalue weighted by atomic mass is 32.2. The van der Waals surface area contributed by atoms with Gasteiger partial charge in [-0.2, -0.15) is 0 Å². The maximum atomic E-state index is 12.6. The van der Waals surface area contributed by atoms with Gasteiger partial charge in [-0.15, -0.1) is 0 Å². The van der Waals surface area contributed by atoms with Crippen molar-refractivity contribution in [3.05, 3.63) is 0 Å². The van der Waals surface area contributed by atoms with Gasteiger partial charge in [0.05, 0.1) is 12.4 Å². The number of ether oxygens (including phenoxy) is 1. The van der Waals surface area contributed by atoms with Crippen LogP contribution in [0.1, 0.15) is 40.5 Å². The molecule has 0 radical (unpaired) electrons. The Balaban J connectivity index is 2.71. The van der Waals surface area contributed by atoms with E-state index in [2.05, 4.69) is 0 Å². The van der Waals surface area contributed by atoms with Crippen LogP contribution >= 0.6 is 0 Å². The number of rotatable bonds is 6. The molecule has 0 saturated carbocycles. The van der Waals surface area contributed by atoms with E-state index in [-0.39, 0.29) is 24.2 Å².